The van der Waals surface area contributed by atoms with Crippen LogP contribution in [0.2, 0.25) is 14.3 Å². The molecule has 0 atom stereocenters. The van der Waals surface area contributed by atoms with E-state index in [0.717, 1.165) is 25.5 Å². The molecule has 0 amide bonds. The zero-order valence-corrected chi connectivity index (χ0v) is 20.9. The zero-order valence-electron chi connectivity index (χ0n) is 18.8. The van der Waals surface area contributed by atoms with Gasteiger partial charge in [0, 0.05) is 0 Å². The van der Waals surface area contributed by atoms with Gasteiger partial charge in [-0.3, -0.25) is 0 Å². The molecule has 2 aromatic carbocycles. The molecule has 0 spiro atoms. The van der Waals surface area contributed by atoms with Crippen LogP contribution in [0.3, 0.4) is 0 Å². The van der Waals surface area contributed by atoms with E-state index in [-0.39, 0.29) is 0 Å². The Morgan fingerprint density at radius 1 is 0.714 bits per heavy atom. The molecule has 0 aliphatic heterocycles. The van der Waals surface area contributed by atoms with Crippen molar-refractivity contribution in [2.45, 2.75) is 69.6 Å². The van der Waals surface area contributed by atoms with Gasteiger partial charge in [-0.25, -0.2) is 0 Å². The van der Waals surface area contributed by atoms with Crippen molar-refractivity contribution in [2.75, 3.05) is 0 Å². The van der Waals surface area contributed by atoms with Crippen molar-refractivity contribution in [1.29, 1.82) is 0 Å². The van der Waals surface area contributed by atoms with Crippen LogP contribution in [0.5, 0.6) is 0 Å². The summed E-state index contributed by atoms with van der Waals surface area (Å²) in [6.07, 6.45) is 0. The zero-order chi connectivity index (χ0) is 20.6. The number of hydrogen-bond donors (Lipinski definition) is 0. The van der Waals surface area contributed by atoms with E-state index < -0.39 is 13.3 Å². The van der Waals surface area contributed by atoms with Crippen LogP contribution in [0.4, 0.5) is 0 Å². The number of aryl methyl sites for hydroxylation is 2. The third-order valence-corrected chi connectivity index (χ3v) is 21.5. The number of nitrogens with zero attached hydrogens (tertiary/aromatic N) is 1. The maximum absolute atomic E-state index is 5.11. The molecular weight excluding hydrogens is 399 g/mol. The normalized spacial score (nSPS) is 12.5. The summed E-state index contributed by atoms with van der Waals surface area (Å²) < 4.78 is 3.86. The van der Waals surface area contributed by atoms with E-state index in [2.05, 4.69) is 104 Å². The Balaban J connectivity index is 2.24. The number of pyridine rings is 1. The van der Waals surface area contributed by atoms with E-state index in [1.54, 1.807) is 4.40 Å². The van der Waals surface area contributed by atoms with Crippen LogP contribution in [0.25, 0.3) is 22.2 Å². The molecule has 0 radical (unpaired) electrons. The topological polar surface area (TPSA) is 12.9 Å². The van der Waals surface area contributed by atoms with E-state index in [1.807, 2.05) is 0 Å². The van der Waals surface area contributed by atoms with Crippen molar-refractivity contribution in [3.8, 4) is 11.3 Å². The predicted molar refractivity (Wildman–Crippen MR) is 127 cm³/mol. The summed E-state index contributed by atoms with van der Waals surface area (Å²) >= 11 is -2.37. The molecule has 0 unspecified atom stereocenters. The molecule has 28 heavy (non-hydrogen) atoms. The van der Waals surface area contributed by atoms with Crippen molar-refractivity contribution < 1.29 is 0 Å². The van der Waals surface area contributed by atoms with Gasteiger partial charge in [0.2, 0.25) is 0 Å². The summed E-state index contributed by atoms with van der Waals surface area (Å²) in [4.78, 5) is 5.11. The van der Waals surface area contributed by atoms with E-state index in [4.69, 9.17) is 4.98 Å². The number of benzene rings is 2. The molecule has 3 rings (SSSR count). The van der Waals surface area contributed by atoms with Gasteiger partial charge in [0.25, 0.3) is 0 Å². The molecular formula is C26H35GeN. The minimum atomic E-state index is -2.37. The Bertz CT molecular complexity index is 943. The first-order valence-electron chi connectivity index (χ1n) is 10.7. The van der Waals surface area contributed by atoms with Gasteiger partial charge in [0.05, 0.1) is 0 Å². The van der Waals surface area contributed by atoms with Crippen LogP contribution in [0, 0.1) is 13.8 Å². The Morgan fingerprint density at radius 2 is 1.29 bits per heavy atom. The Labute approximate surface area is 174 Å². The van der Waals surface area contributed by atoms with Crippen molar-refractivity contribution in [3.05, 3.63) is 59.7 Å². The maximum atomic E-state index is 5.11. The van der Waals surface area contributed by atoms with Gasteiger partial charge < -0.3 is 0 Å². The summed E-state index contributed by atoms with van der Waals surface area (Å²) in [6, 6.07) is 18.1. The summed E-state index contributed by atoms with van der Waals surface area (Å²) in [5.74, 6) is 0. The fraction of sp³-hybridized carbons (Fsp3) is 0.423. The van der Waals surface area contributed by atoms with E-state index in [0.29, 0.717) is 0 Å². The molecule has 0 saturated carbocycles. The molecule has 0 N–H and O–H groups in total. The van der Waals surface area contributed by atoms with Crippen LogP contribution >= 0.6 is 0 Å². The Morgan fingerprint density at radius 3 is 1.82 bits per heavy atom. The summed E-state index contributed by atoms with van der Waals surface area (Å²) in [5.41, 5.74) is 6.02. The second-order valence-electron chi connectivity index (χ2n) is 9.34. The average Bonchev–Trinajstić information content (AvgIpc) is 2.60. The molecule has 0 fully saturated rings. The van der Waals surface area contributed by atoms with E-state index >= 15 is 0 Å². The first kappa shape index (κ1) is 21.1. The van der Waals surface area contributed by atoms with Crippen molar-refractivity contribution in [2.24, 2.45) is 0 Å². The number of fused-ring (bicyclic) bond motifs is 1. The third-order valence-electron chi connectivity index (χ3n) is 6.58. The van der Waals surface area contributed by atoms with Crippen molar-refractivity contribution >= 4 is 28.6 Å². The van der Waals surface area contributed by atoms with Gasteiger partial charge in [-0.2, -0.15) is 0 Å². The Kier molecular flexibility index (Phi) is 6.05. The minimum absolute atomic E-state index is 0.740. The van der Waals surface area contributed by atoms with E-state index in [9.17, 15) is 0 Å². The third kappa shape index (κ3) is 3.54. The van der Waals surface area contributed by atoms with Crippen LogP contribution < -0.4 is 4.40 Å². The number of rotatable bonds is 5. The summed E-state index contributed by atoms with van der Waals surface area (Å²) in [6.45, 7) is 19.0. The average molecular weight is 434 g/mol. The predicted octanol–water partition coefficient (Wildman–Crippen LogP) is 7.40. The molecule has 0 aliphatic carbocycles. The molecule has 0 aliphatic rings. The number of hydrogen-bond acceptors (Lipinski definition) is 1. The first-order chi connectivity index (χ1) is 13.2. The van der Waals surface area contributed by atoms with Gasteiger partial charge in [-0.05, 0) is 0 Å². The van der Waals surface area contributed by atoms with Gasteiger partial charge in [-0.15, -0.1) is 0 Å². The van der Waals surface area contributed by atoms with Crippen LogP contribution in [0.15, 0.2) is 48.5 Å². The van der Waals surface area contributed by atoms with Gasteiger partial charge in [-0.1, -0.05) is 0 Å². The summed E-state index contributed by atoms with van der Waals surface area (Å²) in [5, 5.41) is 1.38. The molecule has 1 heterocycles. The Hall–Kier alpha value is -1.61. The number of aromatic nitrogens is 1. The van der Waals surface area contributed by atoms with Gasteiger partial charge in [0.15, 0.2) is 0 Å². The van der Waals surface area contributed by atoms with Gasteiger partial charge in [0.1, 0.15) is 0 Å². The molecule has 1 nitrogen and oxygen atoms in total. The first-order valence-corrected chi connectivity index (χ1v) is 15.3. The van der Waals surface area contributed by atoms with Crippen molar-refractivity contribution in [3.63, 3.8) is 0 Å². The van der Waals surface area contributed by atoms with Crippen LogP contribution in [0.1, 0.15) is 52.7 Å². The quantitative estimate of drug-likeness (QED) is 0.381. The molecule has 0 saturated heterocycles. The molecule has 0 bridgehead atoms. The molecule has 2 heteroatoms. The second-order valence-corrected chi connectivity index (χ2v) is 21.7. The van der Waals surface area contributed by atoms with Crippen LogP contribution in [-0.4, -0.2) is 18.3 Å². The SMILES string of the molecule is Cc1cc(C)cc(-c2ccc3[c]([Ge]([CH](C)C)([CH](C)C)[CH](C)C)cccc3n2)c1. The molecule has 3 aromatic rings. The fourth-order valence-corrected chi connectivity index (χ4v) is 20.3. The standard InChI is InChI=1S/C26H35GeN/c1-17(2)27(18(3)4,19(5)6)24-10-9-11-26-23(24)12-13-25(28-26)22-15-20(7)14-21(8)16-22/h9-19H,1-8H3. The molecule has 148 valence electrons. The second kappa shape index (κ2) is 8.02. The van der Waals surface area contributed by atoms with Crippen LogP contribution in [-0.2, 0) is 0 Å². The summed E-state index contributed by atoms with van der Waals surface area (Å²) in [7, 11) is 0. The van der Waals surface area contributed by atoms with Crippen molar-refractivity contribution in [1.82, 2.24) is 4.98 Å². The monoisotopic (exact) mass is 435 g/mol. The fourth-order valence-electron chi connectivity index (χ4n) is 5.75. The van der Waals surface area contributed by atoms with E-state index in [1.165, 1.54) is 22.1 Å². The van der Waals surface area contributed by atoms with Gasteiger partial charge >= 0.3 is 174 Å². The molecule has 1 aromatic heterocycles.